The van der Waals surface area contributed by atoms with Gasteiger partial charge in [-0.3, -0.25) is 9.59 Å². The summed E-state index contributed by atoms with van der Waals surface area (Å²) in [6.45, 7) is 4.77. The smallest absolute Gasteiger partial charge is 0.323 e. The number of hydrogen-bond donors (Lipinski definition) is 1. The quantitative estimate of drug-likeness (QED) is 0.699. The van der Waals surface area contributed by atoms with Gasteiger partial charge in [0.25, 0.3) is 0 Å². The number of amides is 1. The Hall–Kier alpha value is -1.11. The van der Waals surface area contributed by atoms with Gasteiger partial charge < -0.3 is 10.0 Å². The third-order valence-corrected chi connectivity index (χ3v) is 4.32. The van der Waals surface area contributed by atoms with Gasteiger partial charge in [-0.2, -0.15) is 0 Å². The molecule has 0 aliphatic carbocycles. The van der Waals surface area contributed by atoms with Gasteiger partial charge in [0.1, 0.15) is 12.3 Å². The van der Waals surface area contributed by atoms with E-state index in [-0.39, 0.29) is 11.8 Å². The highest BCUT2D eigenvalue weighted by Crippen LogP contribution is 2.06. The molecule has 0 radical (unpaired) electrons. The molecule has 0 aliphatic heterocycles. The van der Waals surface area contributed by atoms with Gasteiger partial charge in [-0.1, -0.05) is 13.8 Å². The molecule has 6 nitrogen and oxygen atoms in total. The zero-order chi connectivity index (χ0) is 14.3. The van der Waals surface area contributed by atoms with Crippen LogP contribution in [0, 0.1) is 0 Å². The fraction of sp³-hybridized carbons (Fsp3) is 0.818. The predicted octanol–water partition coefficient (Wildman–Crippen LogP) is 0.523. The lowest BCUT2D eigenvalue weighted by atomic mass is 10.2. The minimum Gasteiger partial charge on any atom is -0.480 e. The van der Waals surface area contributed by atoms with E-state index >= 15 is 0 Å². The van der Waals surface area contributed by atoms with E-state index in [0.717, 1.165) is 4.90 Å². The van der Waals surface area contributed by atoms with Crippen LogP contribution in [-0.4, -0.2) is 54.4 Å². The highest BCUT2D eigenvalue weighted by molar-refractivity contribution is 7.92. The SMILES string of the molecule is CCCS(=O)(=O)CC(=O)N(CC(=O)O)C(C)CC. The first-order valence-electron chi connectivity index (χ1n) is 5.95. The molecule has 0 fully saturated rings. The average molecular weight is 279 g/mol. The molecule has 0 spiro atoms. The first kappa shape index (κ1) is 16.9. The molecule has 106 valence electrons. The molecule has 1 N–H and O–H groups in total. The Labute approximate surface area is 108 Å². The van der Waals surface area contributed by atoms with Gasteiger partial charge in [0, 0.05) is 6.04 Å². The maximum atomic E-state index is 11.9. The zero-order valence-electron chi connectivity index (χ0n) is 11.0. The lowest BCUT2D eigenvalue weighted by molar-refractivity contribution is -0.144. The van der Waals surface area contributed by atoms with Crippen LogP contribution >= 0.6 is 0 Å². The molecule has 1 amide bonds. The molecular formula is C11H21NO5S. The van der Waals surface area contributed by atoms with Crippen LogP contribution < -0.4 is 0 Å². The topological polar surface area (TPSA) is 91.8 Å². The maximum absolute atomic E-state index is 11.9. The molecule has 0 rings (SSSR count). The molecule has 0 aromatic carbocycles. The number of carbonyl (C=O) groups is 2. The second-order valence-electron chi connectivity index (χ2n) is 4.26. The van der Waals surface area contributed by atoms with Gasteiger partial charge in [-0.25, -0.2) is 8.42 Å². The number of sulfone groups is 1. The summed E-state index contributed by atoms with van der Waals surface area (Å²) in [4.78, 5) is 23.6. The van der Waals surface area contributed by atoms with E-state index in [1.165, 1.54) is 0 Å². The van der Waals surface area contributed by atoms with Gasteiger partial charge in [0.15, 0.2) is 9.84 Å². The number of carboxylic acid groups (broad SMARTS) is 1. The Balaban J connectivity index is 4.81. The van der Waals surface area contributed by atoms with Crippen LogP contribution in [0.1, 0.15) is 33.6 Å². The lowest BCUT2D eigenvalue weighted by Crippen LogP contribution is -2.44. The number of carboxylic acids is 1. The summed E-state index contributed by atoms with van der Waals surface area (Å²) in [6, 6.07) is -0.287. The first-order valence-corrected chi connectivity index (χ1v) is 7.77. The minimum absolute atomic E-state index is 0.0554. The molecule has 0 heterocycles. The van der Waals surface area contributed by atoms with Crippen molar-refractivity contribution in [2.45, 2.75) is 39.7 Å². The number of rotatable bonds is 8. The molecule has 0 aliphatic rings. The summed E-state index contributed by atoms with van der Waals surface area (Å²) in [6.07, 6.45) is 1.02. The number of nitrogens with zero attached hydrogens (tertiary/aromatic N) is 1. The third-order valence-electron chi connectivity index (χ3n) is 2.61. The van der Waals surface area contributed by atoms with E-state index in [4.69, 9.17) is 5.11 Å². The Bertz CT molecular complexity index is 390. The fourth-order valence-corrected chi connectivity index (χ4v) is 2.82. The van der Waals surface area contributed by atoms with E-state index in [2.05, 4.69) is 0 Å². The normalized spacial score (nSPS) is 13.1. The molecule has 0 saturated carbocycles. The minimum atomic E-state index is -3.44. The van der Waals surface area contributed by atoms with Crippen molar-refractivity contribution in [3.63, 3.8) is 0 Å². The van der Waals surface area contributed by atoms with Crippen LogP contribution in [-0.2, 0) is 19.4 Å². The van der Waals surface area contributed by atoms with Crippen LogP contribution in [0.15, 0.2) is 0 Å². The molecule has 1 atom stereocenters. The van der Waals surface area contributed by atoms with E-state index in [1.54, 1.807) is 13.8 Å². The Morgan fingerprint density at radius 1 is 1.28 bits per heavy atom. The van der Waals surface area contributed by atoms with Crippen LogP contribution in [0.2, 0.25) is 0 Å². The van der Waals surface area contributed by atoms with Crippen molar-refractivity contribution in [1.82, 2.24) is 4.90 Å². The molecule has 7 heteroatoms. The standard InChI is InChI=1S/C11H21NO5S/c1-4-6-18(16,17)8-10(13)12(7-11(14)15)9(3)5-2/h9H,4-8H2,1-3H3,(H,14,15). The molecule has 0 aromatic heterocycles. The van der Waals surface area contributed by atoms with Crippen LogP contribution in [0.3, 0.4) is 0 Å². The summed E-state index contributed by atoms with van der Waals surface area (Å²) < 4.78 is 23.1. The first-order chi connectivity index (χ1) is 8.23. The fourth-order valence-electron chi connectivity index (χ4n) is 1.51. The van der Waals surface area contributed by atoms with E-state index < -0.39 is 34.0 Å². The molecule has 18 heavy (non-hydrogen) atoms. The summed E-state index contributed by atoms with van der Waals surface area (Å²) in [7, 11) is -3.44. The van der Waals surface area contributed by atoms with Crippen LogP contribution in [0.5, 0.6) is 0 Å². The van der Waals surface area contributed by atoms with Crippen molar-refractivity contribution in [3.05, 3.63) is 0 Å². The molecule has 1 unspecified atom stereocenters. The Morgan fingerprint density at radius 2 is 1.83 bits per heavy atom. The number of carbonyl (C=O) groups excluding carboxylic acids is 1. The summed E-state index contributed by atoms with van der Waals surface area (Å²) >= 11 is 0. The molecule has 0 saturated heterocycles. The lowest BCUT2D eigenvalue weighted by Gasteiger charge is -2.26. The van der Waals surface area contributed by atoms with Gasteiger partial charge in [-0.15, -0.1) is 0 Å². The second-order valence-corrected chi connectivity index (χ2v) is 6.45. The van der Waals surface area contributed by atoms with Crippen LogP contribution in [0.25, 0.3) is 0 Å². The molecule has 0 bridgehead atoms. The third kappa shape index (κ3) is 6.00. The summed E-state index contributed by atoms with van der Waals surface area (Å²) in [5, 5.41) is 8.74. The average Bonchev–Trinajstić information content (AvgIpc) is 2.23. The van der Waals surface area contributed by atoms with Crippen molar-refractivity contribution in [3.8, 4) is 0 Å². The summed E-state index contributed by atoms with van der Waals surface area (Å²) in [5.41, 5.74) is 0. The highest BCUT2D eigenvalue weighted by Gasteiger charge is 2.25. The van der Waals surface area contributed by atoms with E-state index in [1.807, 2.05) is 6.92 Å². The zero-order valence-corrected chi connectivity index (χ0v) is 11.9. The molecular weight excluding hydrogens is 258 g/mol. The summed E-state index contributed by atoms with van der Waals surface area (Å²) in [5.74, 6) is -2.45. The van der Waals surface area contributed by atoms with Crippen LogP contribution in [0.4, 0.5) is 0 Å². The van der Waals surface area contributed by atoms with Crippen molar-refractivity contribution in [2.24, 2.45) is 0 Å². The Kier molecular flexibility index (Phi) is 6.90. The number of aliphatic carboxylic acids is 1. The molecule has 0 aromatic rings. The van der Waals surface area contributed by atoms with E-state index in [9.17, 15) is 18.0 Å². The van der Waals surface area contributed by atoms with E-state index in [0.29, 0.717) is 12.8 Å². The predicted molar refractivity (Wildman–Crippen MR) is 68.0 cm³/mol. The Morgan fingerprint density at radius 3 is 2.22 bits per heavy atom. The van der Waals surface area contributed by atoms with Crippen molar-refractivity contribution in [2.75, 3.05) is 18.1 Å². The number of hydrogen-bond acceptors (Lipinski definition) is 4. The van der Waals surface area contributed by atoms with Gasteiger partial charge in [0.05, 0.1) is 5.75 Å². The van der Waals surface area contributed by atoms with Gasteiger partial charge >= 0.3 is 5.97 Å². The highest BCUT2D eigenvalue weighted by atomic mass is 32.2. The van der Waals surface area contributed by atoms with Gasteiger partial charge in [-0.05, 0) is 19.8 Å². The van der Waals surface area contributed by atoms with Gasteiger partial charge in [0.2, 0.25) is 5.91 Å². The maximum Gasteiger partial charge on any atom is 0.323 e. The van der Waals surface area contributed by atoms with Crippen molar-refractivity contribution >= 4 is 21.7 Å². The monoisotopic (exact) mass is 279 g/mol. The second kappa shape index (κ2) is 7.35. The van der Waals surface area contributed by atoms with Crippen molar-refractivity contribution < 1.29 is 23.1 Å². The van der Waals surface area contributed by atoms with Crippen molar-refractivity contribution in [1.29, 1.82) is 0 Å². The largest absolute Gasteiger partial charge is 0.480 e.